The van der Waals surface area contributed by atoms with Crippen molar-refractivity contribution in [2.75, 3.05) is 25.0 Å². The second-order valence-electron chi connectivity index (χ2n) is 7.87. The van der Waals surface area contributed by atoms with Gasteiger partial charge in [0.1, 0.15) is 17.5 Å². The first-order valence-corrected chi connectivity index (χ1v) is 10.7. The molecule has 1 N–H and O–H groups in total. The third-order valence-corrected chi connectivity index (χ3v) is 5.47. The zero-order valence-corrected chi connectivity index (χ0v) is 19.3. The summed E-state index contributed by atoms with van der Waals surface area (Å²) < 4.78 is 44.2. The SMILES string of the molecule is CCOC(=O)C1(C)CN(CC(=O)Nc2ccc(C(F)(F)F)c([N+](=O)[O-])c2)N=C1c1ccc(Cl)cc1. The Morgan fingerprint density at radius 3 is 2.49 bits per heavy atom. The summed E-state index contributed by atoms with van der Waals surface area (Å²) in [7, 11) is 0. The van der Waals surface area contributed by atoms with Gasteiger partial charge >= 0.3 is 12.1 Å². The van der Waals surface area contributed by atoms with Gasteiger partial charge in [-0.2, -0.15) is 18.3 Å². The van der Waals surface area contributed by atoms with Crippen molar-refractivity contribution >= 4 is 40.6 Å². The van der Waals surface area contributed by atoms with Crippen LogP contribution in [0.15, 0.2) is 47.6 Å². The van der Waals surface area contributed by atoms with Crippen LogP contribution in [0.1, 0.15) is 25.0 Å². The molecule has 0 saturated carbocycles. The van der Waals surface area contributed by atoms with E-state index in [4.69, 9.17) is 16.3 Å². The van der Waals surface area contributed by atoms with Crippen molar-refractivity contribution in [3.8, 4) is 0 Å². The van der Waals surface area contributed by atoms with Crippen LogP contribution in [0.2, 0.25) is 5.02 Å². The summed E-state index contributed by atoms with van der Waals surface area (Å²) in [4.78, 5) is 35.2. The number of amides is 1. The maximum Gasteiger partial charge on any atom is 0.423 e. The quantitative estimate of drug-likeness (QED) is 0.332. The number of nitro groups is 1. The van der Waals surface area contributed by atoms with Crippen molar-refractivity contribution < 1.29 is 32.4 Å². The van der Waals surface area contributed by atoms with E-state index in [9.17, 15) is 32.9 Å². The molecule has 1 unspecified atom stereocenters. The number of esters is 1. The smallest absolute Gasteiger partial charge is 0.423 e. The Morgan fingerprint density at radius 2 is 1.91 bits per heavy atom. The Morgan fingerprint density at radius 1 is 1.26 bits per heavy atom. The van der Waals surface area contributed by atoms with Crippen molar-refractivity contribution in [1.82, 2.24) is 5.01 Å². The van der Waals surface area contributed by atoms with Crippen LogP contribution in [0.4, 0.5) is 24.5 Å². The fourth-order valence-electron chi connectivity index (χ4n) is 3.62. The molecule has 0 bridgehead atoms. The number of nitro benzene ring substituents is 1. The predicted molar refractivity (Wildman–Crippen MR) is 121 cm³/mol. The van der Waals surface area contributed by atoms with E-state index >= 15 is 0 Å². The Balaban J connectivity index is 1.82. The molecule has 1 atom stereocenters. The normalized spacial score (nSPS) is 17.7. The van der Waals surface area contributed by atoms with Crippen LogP contribution in [0.5, 0.6) is 0 Å². The minimum atomic E-state index is -4.93. The van der Waals surface area contributed by atoms with Gasteiger partial charge in [0.2, 0.25) is 5.91 Å². The molecular formula is C22H20ClF3N4O5. The van der Waals surface area contributed by atoms with E-state index in [-0.39, 0.29) is 25.4 Å². The molecule has 3 rings (SSSR count). The lowest BCUT2D eigenvalue weighted by Crippen LogP contribution is -2.41. The number of benzene rings is 2. The number of hydrogen-bond donors (Lipinski definition) is 1. The van der Waals surface area contributed by atoms with Crippen LogP contribution in [-0.2, 0) is 20.5 Å². The molecule has 2 aromatic rings. The number of anilines is 1. The van der Waals surface area contributed by atoms with Gasteiger partial charge in [-0.15, -0.1) is 0 Å². The number of nitrogens with zero attached hydrogens (tertiary/aromatic N) is 3. The Kier molecular flexibility index (Phi) is 7.34. The van der Waals surface area contributed by atoms with Crippen LogP contribution >= 0.6 is 11.6 Å². The highest BCUT2D eigenvalue weighted by Crippen LogP contribution is 2.37. The average molecular weight is 513 g/mol. The molecular weight excluding hydrogens is 493 g/mol. The highest BCUT2D eigenvalue weighted by atomic mass is 35.5. The lowest BCUT2D eigenvalue weighted by Gasteiger charge is -2.24. The largest absolute Gasteiger partial charge is 0.465 e. The number of alkyl halides is 3. The van der Waals surface area contributed by atoms with Crippen molar-refractivity contribution in [3.63, 3.8) is 0 Å². The molecule has 0 radical (unpaired) electrons. The lowest BCUT2D eigenvalue weighted by atomic mass is 9.82. The van der Waals surface area contributed by atoms with E-state index < -0.39 is 39.6 Å². The van der Waals surface area contributed by atoms with E-state index in [0.717, 1.165) is 6.07 Å². The Hall–Kier alpha value is -3.67. The van der Waals surface area contributed by atoms with Crippen molar-refractivity contribution in [2.45, 2.75) is 20.0 Å². The number of carbonyl (C=O) groups excluding carboxylic acids is 2. The average Bonchev–Trinajstić information content (AvgIpc) is 3.10. The van der Waals surface area contributed by atoms with Gasteiger partial charge < -0.3 is 10.1 Å². The fraction of sp³-hybridized carbons (Fsp3) is 0.318. The van der Waals surface area contributed by atoms with Crippen LogP contribution in [0, 0.1) is 15.5 Å². The number of ether oxygens (including phenoxy) is 1. The molecule has 1 aliphatic rings. The highest BCUT2D eigenvalue weighted by molar-refractivity contribution is 6.30. The summed E-state index contributed by atoms with van der Waals surface area (Å²) in [6, 6.07) is 8.67. The number of hydrazone groups is 1. The third kappa shape index (κ3) is 5.70. The van der Waals surface area contributed by atoms with Crippen molar-refractivity contribution in [3.05, 3.63) is 68.7 Å². The fourth-order valence-corrected chi connectivity index (χ4v) is 3.75. The molecule has 0 spiro atoms. The molecule has 0 saturated heterocycles. The summed E-state index contributed by atoms with van der Waals surface area (Å²) in [5.41, 5.74) is -3.07. The number of carbonyl (C=O) groups is 2. The molecule has 13 heteroatoms. The predicted octanol–water partition coefficient (Wildman–Crippen LogP) is 4.49. The zero-order valence-electron chi connectivity index (χ0n) is 18.6. The number of hydrogen-bond acceptors (Lipinski definition) is 7. The van der Waals surface area contributed by atoms with E-state index in [1.807, 2.05) is 0 Å². The standard InChI is InChI=1S/C22H20ClF3N4O5/c1-3-35-20(32)21(2)12-29(28-19(21)13-4-6-14(23)7-5-13)11-18(31)27-15-8-9-16(22(24,25)26)17(10-15)30(33)34/h4-10H,3,11-12H2,1-2H3,(H,27,31). The first-order valence-electron chi connectivity index (χ1n) is 10.3. The molecule has 1 heterocycles. The molecule has 1 aliphatic heterocycles. The summed E-state index contributed by atoms with van der Waals surface area (Å²) in [5, 5.41) is 19.6. The molecule has 0 fully saturated rings. The summed E-state index contributed by atoms with van der Waals surface area (Å²) in [6.45, 7) is 3.03. The second kappa shape index (κ2) is 9.90. The maximum absolute atomic E-state index is 13.0. The first kappa shape index (κ1) is 25.9. The minimum absolute atomic E-state index is 0.00955. The van der Waals surface area contributed by atoms with Gasteiger partial charge in [-0.3, -0.25) is 24.7 Å². The van der Waals surface area contributed by atoms with Gasteiger partial charge in [0.05, 0.1) is 23.8 Å². The summed E-state index contributed by atoms with van der Waals surface area (Å²) in [5.74, 6) is -1.25. The topological polar surface area (TPSA) is 114 Å². The van der Waals surface area contributed by atoms with Gasteiger partial charge in [0.15, 0.2) is 0 Å². The number of nitrogens with one attached hydrogen (secondary N) is 1. The monoisotopic (exact) mass is 512 g/mol. The summed E-state index contributed by atoms with van der Waals surface area (Å²) in [6.07, 6.45) is -4.93. The Labute approximate surface area is 202 Å². The van der Waals surface area contributed by atoms with Gasteiger partial charge in [0, 0.05) is 16.8 Å². The molecule has 1 amide bonds. The Bertz CT molecular complexity index is 1190. The van der Waals surface area contributed by atoms with E-state index in [2.05, 4.69) is 10.4 Å². The molecule has 0 aromatic heterocycles. The molecule has 186 valence electrons. The van der Waals surface area contributed by atoms with E-state index in [1.54, 1.807) is 38.1 Å². The van der Waals surface area contributed by atoms with Crippen LogP contribution in [0.3, 0.4) is 0 Å². The zero-order chi connectivity index (χ0) is 26.0. The van der Waals surface area contributed by atoms with Gasteiger partial charge in [-0.05, 0) is 43.7 Å². The van der Waals surface area contributed by atoms with Crippen LogP contribution in [-0.4, -0.2) is 47.2 Å². The summed E-state index contributed by atoms with van der Waals surface area (Å²) >= 11 is 5.94. The van der Waals surface area contributed by atoms with Crippen molar-refractivity contribution in [2.24, 2.45) is 10.5 Å². The first-order chi connectivity index (χ1) is 16.3. The van der Waals surface area contributed by atoms with Crippen molar-refractivity contribution in [1.29, 1.82) is 0 Å². The highest BCUT2D eigenvalue weighted by Gasteiger charge is 2.47. The van der Waals surface area contributed by atoms with Gasteiger partial charge in [0.25, 0.3) is 5.69 Å². The van der Waals surface area contributed by atoms with E-state index in [1.165, 1.54) is 5.01 Å². The maximum atomic E-state index is 13.0. The molecule has 0 aliphatic carbocycles. The van der Waals surface area contributed by atoms with Gasteiger partial charge in [-0.25, -0.2) is 0 Å². The lowest BCUT2D eigenvalue weighted by molar-refractivity contribution is -0.388. The molecule has 9 nitrogen and oxygen atoms in total. The van der Waals surface area contributed by atoms with E-state index in [0.29, 0.717) is 28.4 Å². The van der Waals surface area contributed by atoms with Crippen LogP contribution < -0.4 is 5.32 Å². The third-order valence-electron chi connectivity index (χ3n) is 5.22. The molecule has 2 aromatic carbocycles. The number of halogens is 4. The van der Waals surface area contributed by atoms with Gasteiger partial charge in [-0.1, -0.05) is 23.7 Å². The number of rotatable bonds is 7. The minimum Gasteiger partial charge on any atom is -0.465 e. The molecule has 35 heavy (non-hydrogen) atoms. The van der Waals surface area contributed by atoms with Crippen LogP contribution in [0.25, 0.3) is 0 Å². The second-order valence-corrected chi connectivity index (χ2v) is 8.30.